The number of nitrogens with one attached hydrogen (secondary N) is 1. The van der Waals surface area contributed by atoms with Gasteiger partial charge in [0.15, 0.2) is 0 Å². The van der Waals surface area contributed by atoms with Gasteiger partial charge in [0.05, 0.1) is 23.8 Å². The average molecular weight is 407 g/mol. The van der Waals surface area contributed by atoms with Crippen LogP contribution in [0.15, 0.2) is 71.3 Å². The average Bonchev–Trinajstić information content (AvgIpc) is 2.77. The molecule has 1 heterocycles. The number of rotatable bonds is 7. The van der Waals surface area contributed by atoms with Gasteiger partial charge in [-0.25, -0.2) is 0 Å². The van der Waals surface area contributed by atoms with Crippen molar-refractivity contribution in [1.29, 1.82) is 5.26 Å². The van der Waals surface area contributed by atoms with E-state index in [1.54, 1.807) is 0 Å². The molecule has 0 aliphatic carbocycles. The number of hydrogen-bond acceptors (Lipinski definition) is 5. The Hall–Kier alpha value is -3.04. The lowest BCUT2D eigenvalue weighted by atomic mass is 9.78. The highest BCUT2D eigenvalue weighted by Gasteiger charge is 2.44. The minimum absolute atomic E-state index is 0.399. The van der Waals surface area contributed by atoms with Gasteiger partial charge in [0, 0.05) is 5.92 Å². The molecule has 0 fully saturated rings. The van der Waals surface area contributed by atoms with Gasteiger partial charge in [0.1, 0.15) is 5.92 Å². The first-order chi connectivity index (χ1) is 14.2. The SMILES string of the molecule is COC(=O)[C@H]1C(=O)NC(SCCCc2ccccc2)=C(C#N)[C@H]1c1ccccc1. The number of carbonyl (C=O) groups is 2. The minimum Gasteiger partial charge on any atom is -0.468 e. The molecule has 148 valence electrons. The van der Waals surface area contributed by atoms with Gasteiger partial charge in [-0.05, 0) is 29.7 Å². The third-order valence-electron chi connectivity index (χ3n) is 4.84. The standard InChI is InChI=1S/C23H22N2O3S/c1-28-23(27)20-19(17-12-6-3-7-13-17)18(15-24)22(25-21(20)26)29-14-8-11-16-9-4-2-5-10-16/h2-7,9-10,12-13,19-20H,8,11,14H2,1H3,(H,25,26)/t19-,20-/m1/s1. The monoisotopic (exact) mass is 406 g/mol. The molecular weight excluding hydrogens is 384 g/mol. The summed E-state index contributed by atoms with van der Waals surface area (Å²) in [6.07, 6.45) is 1.83. The molecule has 6 heteroatoms. The summed E-state index contributed by atoms with van der Waals surface area (Å²) >= 11 is 1.45. The molecule has 0 saturated carbocycles. The lowest BCUT2D eigenvalue weighted by Crippen LogP contribution is -2.44. The molecule has 1 amide bonds. The molecule has 0 saturated heterocycles. The largest absolute Gasteiger partial charge is 0.468 e. The summed E-state index contributed by atoms with van der Waals surface area (Å²) < 4.78 is 4.85. The van der Waals surface area contributed by atoms with Crippen LogP contribution < -0.4 is 5.32 Å². The van der Waals surface area contributed by atoms with Gasteiger partial charge in [0.2, 0.25) is 5.91 Å². The summed E-state index contributed by atoms with van der Waals surface area (Å²) in [6.45, 7) is 0. The first-order valence-corrected chi connectivity index (χ1v) is 10.4. The highest BCUT2D eigenvalue weighted by atomic mass is 32.2. The number of nitrogens with zero attached hydrogens (tertiary/aromatic N) is 1. The molecule has 3 rings (SSSR count). The van der Waals surface area contributed by atoms with Crippen molar-refractivity contribution in [2.45, 2.75) is 18.8 Å². The molecule has 1 N–H and O–H groups in total. The van der Waals surface area contributed by atoms with Crippen molar-refractivity contribution in [1.82, 2.24) is 5.32 Å². The zero-order valence-corrected chi connectivity index (χ0v) is 16.9. The Bertz CT molecular complexity index is 936. The number of hydrogen-bond donors (Lipinski definition) is 1. The van der Waals surface area contributed by atoms with E-state index in [-0.39, 0.29) is 0 Å². The number of amides is 1. The predicted molar refractivity (Wildman–Crippen MR) is 113 cm³/mol. The second-order valence-electron chi connectivity index (χ2n) is 6.67. The first kappa shape index (κ1) is 20.7. The fourth-order valence-electron chi connectivity index (χ4n) is 3.44. The number of esters is 1. The van der Waals surface area contributed by atoms with Crippen LogP contribution in [0.2, 0.25) is 0 Å². The summed E-state index contributed by atoms with van der Waals surface area (Å²) in [5, 5.41) is 13.2. The van der Waals surface area contributed by atoms with E-state index in [1.807, 2.05) is 48.5 Å². The summed E-state index contributed by atoms with van der Waals surface area (Å²) in [6, 6.07) is 21.6. The minimum atomic E-state index is -1.08. The number of thioether (sulfide) groups is 1. The smallest absolute Gasteiger partial charge is 0.319 e. The molecule has 29 heavy (non-hydrogen) atoms. The number of nitriles is 1. The second-order valence-corrected chi connectivity index (χ2v) is 7.78. The van der Waals surface area contributed by atoms with Gasteiger partial charge < -0.3 is 10.1 Å². The quantitative estimate of drug-likeness (QED) is 0.430. The zero-order chi connectivity index (χ0) is 20.6. The number of aryl methyl sites for hydroxylation is 1. The molecule has 1 aliphatic rings. The first-order valence-electron chi connectivity index (χ1n) is 9.40. The van der Waals surface area contributed by atoms with Crippen LogP contribution in [0, 0.1) is 17.2 Å². The van der Waals surface area contributed by atoms with Crippen LogP contribution in [-0.4, -0.2) is 24.7 Å². The topological polar surface area (TPSA) is 79.2 Å². The molecular formula is C23H22N2O3S. The maximum absolute atomic E-state index is 12.7. The molecule has 0 bridgehead atoms. The van der Waals surface area contributed by atoms with Gasteiger partial charge in [0.25, 0.3) is 0 Å². The Morgan fingerprint density at radius 1 is 1.14 bits per heavy atom. The maximum atomic E-state index is 12.7. The normalized spacial score (nSPS) is 18.7. The molecule has 5 nitrogen and oxygen atoms in total. The summed E-state index contributed by atoms with van der Waals surface area (Å²) in [5.74, 6) is -2.06. The van der Waals surface area contributed by atoms with Crippen LogP contribution in [0.3, 0.4) is 0 Å². The molecule has 2 aromatic carbocycles. The van der Waals surface area contributed by atoms with Crippen LogP contribution >= 0.6 is 11.8 Å². The Balaban J connectivity index is 1.82. The van der Waals surface area contributed by atoms with Crippen LogP contribution in [0.4, 0.5) is 0 Å². The van der Waals surface area contributed by atoms with Gasteiger partial charge in [-0.1, -0.05) is 60.7 Å². The highest BCUT2D eigenvalue weighted by Crippen LogP contribution is 2.40. The molecule has 1 aliphatic heterocycles. The van der Waals surface area contributed by atoms with E-state index in [4.69, 9.17) is 4.74 Å². The Morgan fingerprint density at radius 3 is 2.41 bits per heavy atom. The van der Waals surface area contributed by atoms with Crippen LogP contribution in [0.5, 0.6) is 0 Å². The number of benzene rings is 2. The fraction of sp³-hybridized carbons (Fsp3) is 0.261. The van der Waals surface area contributed by atoms with Gasteiger partial charge in [-0.3, -0.25) is 9.59 Å². The van der Waals surface area contributed by atoms with E-state index in [0.29, 0.717) is 10.6 Å². The van der Waals surface area contributed by atoms with Crippen LogP contribution in [0.1, 0.15) is 23.5 Å². The van der Waals surface area contributed by atoms with Crippen LogP contribution in [0.25, 0.3) is 0 Å². The van der Waals surface area contributed by atoms with Gasteiger partial charge in [-0.2, -0.15) is 5.26 Å². The second kappa shape index (κ2) is 9.94. The van der Waals surface area contributed by atoms with Crippen molar-refractivity contribution in [3.8, 4) is 6.07 Å². The lowest BCUT2D eigenvalue weighted by molar-refractivity contribution is -0.150. The Labute approximate surface area is 174 Å². The van der Waals surface area contributed by atoms with Crippen molar-refractivity contribution in [3.63, 3.8) is 0 Å². The number of ether oxygens (including phenoxy) is 1. The number of allylic oxidation sites excluding steroid dienone is 1. The third-order valence-corrected chi connectivity index (χ3v) is 5.94. The van der Waals surface area contributed by atoms with E-state index < -0.39 is 23.7 Å². The van der Waals surface area contributed by atoms with Crippen molar-refractivity contribution >= 4 is 23.6 Å². The Morgan fingerprint density at radius 2 is 1.79 bits per heavy atom. The van der Waals surface area contributed by atoms with Crippen molar-refractivity contribution in [2.75, 3.05) is 12.9 Å². The van der Waals surface area contributed by atoms with E-state index in [0.717, 1.165) is 24.2 Å². The molecule has 0 aromatic heterocycles. The Kier molecular flexibility index (Phi) is 7.09. The van der Waals surface area contributed by atoms with Gasteiger partial charge in [-0.15, -0.1) is 11.8 Å². The molecule has 2 atom stereocenters. The lowest BCUT2D eigenvalue weighted by Gasteiger charge is -2.31. The molecule has 0 unspecified atom stereocenters. The third kappa shape index (κ3) is 4.87. The number of methoxy groups -OCH3 is 1. The van der Waals surface area contributed by atoms with E-state index in [9.17, 15) is 14.9 Å². The van der Waals surface area contributed by atoms with E-state index in [2.05, 4.69) is 23.5 Å². The van der Waals surface area contributed by atoms with Crippen molar-refractivity contribution in [3.05, 3.63) is 82.4 Å². The summed E-state index contributed by atoms with van der Waals surface area (Å²) in [5.41, 5.74) is 2.40. The van der Waals surface area contributed by atoms with Crippen molar-refractivity contribution in [2.24, 2.45) is 5.92 Å². The summed E-state index contributed by atoms with van der Waals surface area (Å²) in [7, 11) is 1.25. The van der Waals surface area contributed by atoms with Crippen molar-refractivity contribution < 1.29 is 14.3 Å². The zero-order valence-electron chi connectivity index (χ0n) is 16.1. The van der Waals surface area contributed by atoms with Crippen LogP contribution in [-0.2, 0) is 20.7 Å². The molecule has 2 aromatic rings. The molecule has 0 radical (unpaired) electrons. The van der Waals surface area contributed by atoms with E-state index >= 15 is 0 Å². The molecule has 0 spiro atoms. The summed E-state index contributed by atoms with van der Waals surface area (Å²) in [4.78, 5) is 25.1. The highest BCUT2D eigenvalue weighted by molar-refractivity contribution is 8.03. The predicted octanol–water partition coefficient (Wildman–Crippen LogP) is 3.79. The van der Waals surface area contributed by atoms with E-state index in [1.165, 1.54) is 24.4 Å². The number of carbonyl (C=O) groups excluding carboxylic acids is 2. The van der Waals surface area contributed by atoms with Gasteiger partial charge >= 0.3 is 5.97 Å². The maximum Gasteiger partial charge on any atom is 0.319 e. The fourth-order valence-corrected chi connectivity index (χ4v) is 4.43.